The molecule has 1 aromatic rings. The Morgan fingerprint density at radius 1 is 1.10 bits per heavy atom. The van der Waals surface area contributed by atoms with Gasteiger partial charge in [0.25, 0.3) is 0 Å². The van der Waals surface area contributed by atoms with Crippen molar-refractivity contribution in [2.24, 2.45) is 5.14 Å². The maximum absolute atomic E-state index is 13.8. The zero-order valence-corrected chi connectivity index (χ0v) is 14.4. The van der Waals surface area contributed by atoms with Crippen LogP contribution in [-0.2, 0) is 16.4 Å². The summed E-state index contributed by atoms with van der Waals surface area (Å²) >= 11 is 0. The molecule has 0 atom stereocenters. The zero-order chi connectivity index (χ0) is 12.9. The lowest BCUT2D eigenvalue weighted by Gasteiger charge is -2.06. The highest BCUT2D eigenvalue weighted by atomic mass is 35.5. The SMILES string of the molecule is CCCCCCc1cccc(S(N)(=O)=O)c1F.Cl.Cl.Cl. The molecule has 0 aliphatic rings. The second kappa shape index (κ2) is 11.6. The fraction of sp³-hybridized carbons (Fsp3) is 0.500. The topological polar surface area (TPSA) is 60.2 Å². The summed E-state index contributed by atoms with van der Waals surface area (Å²) in [6.07, 6.45) is 4.65. The van der Waals surface area contributed by atoms with Gasteiger partial charge in [0.1, 0.15) is 10.7 Å². The third kappa shape index (κ3) is 7.64. The molecule has 0 aromatic heterocycles. The third-order valence-corrected chi connectivity index (χ3v) is 3.58. The lowest BCUT2D eigenvalue weighted by Crippen LogP contribution is -2.15. The second-order valence-corrected chi connectivity index (χ2v) is 5.61. The Morgan fingerprint density at radius 3 is 2.20 bits per heavy atom. The molecule has 0 aliphatic carbocycles. The van der Waals surface area contributed by atoms with E-state index < -0.39 is 20.7 Å². The first kappa shape index (κ1) is 24.9. The normalized spacial score (nSPS) is 9.95. The quantitative estimate of drug-likeness (QED) is 0.775. The van der Waals surface area contributed by atoms with Crippen LogP contribution in [0.5, 0.6) is 0 Å². The molecule has 0 unspecified atom stereocenters. The highest BCUT2D eigenvalue weighted by Gasteiger charge is 2.16. The smallest absolute Gasteiger partial charge is 0.225 e. The first-order valence-corrected chi connectivity index (χ1v) is 7.31. The molecule has 0 fully saturated rings. The molecule has 8 heteroatoms. The molecule has 0 bridgehead atoms. The van der Waals surface area contributed by atoms with Gasteiger partial charge in [-0.2, -0.15) is 0 Å². The molecular formula is C12H21Cl3FNO2S. The summed E-state index contributed by atoms with van der Waals surface area (Å²) in [6, 6.07) is 4.33. The minimum Gasteiger partial charge on any atom is -0.225 e. The fourth-order valence-corrected chi connectivity index (χ4v) is 2.36. The van der Waals surface area contributed by atoms with E-state index in [0.29, 0.717) is 12.0 Å². The number of halogens is 4. The number of rotatable bonds is 6. The van der Waals surface area contributed by atoms with Gasteiger partial charge in [-0.15, -0.1) is 37.2 Å². The van der Waals surface area contributed by atoms with E-state index in [9.17, 15) is 12.8 Å². The van der Waals surface area contributed by atoms with Crippen LogP contribution in [0.2, 0.25) is 0 Å². The lowest BCUT2D eigenvalue weighted by atomic mass is 10.1. The molecule has 0 spiro atoms. The summed E-state index contributed by atoms with van der Waals surface area (Å²) in [6.45, 7) is 2.10. The van der Waals surface area contributed by atoms with Crippen molar-refractivity contribution in [1.82, 2.24) is 0 Å². The van der Waals surface area contributed by atoms with Crippen LogP contribution in [0.3, 0.4) is 0 Å². The molecule has 3 nitrogen and oxygen atoms in total. The lowest BCUT2D eigenvalue weighted by molar-refractivity contribution is 0.552. The van der Waals surface area contributed by atoms with Crippen LogP contribution in [0.25, 0.3) is 0 Å². The van der Waals surface area contributed by atoms with Gasteiger partial charge in [-0.1, -0.05) is 38.3 Å². The van der Waals surface area contributed by atoms with Crippen LogP contribution in [-0.4, -0.2) is 8.42 Å². The summed E-state index contributed by atoms with van der Waals surface area (Å²) in [5.74, 6) is -0.702. The largest absolute Gasteiger partial charge is 0.240 e. The zero-order valence-electron chi connectivity index (χ0n) is 11.2. The van der Waals surface area contributed by atoms with Crippen molar-refractivity contribution >= 4 is 47.2 Å². The predicted octanol–water partition coefficient (Wildman–Crippen LogP) is 3.86. The number of aryl methyl sites for hydroxylation is 1. The summed E-state index contributed by atoms with van der Waals surface area (Å²) < 4.78 is 36.1. The molecule has 0 saturated heterocycles. The van der Waals surface area contributed by atoms with E-state index in [1.807, 2.05) is 0 Å². The Morgan fingerprint density at radius 2 is 1.70 bits per heavy atom. The van der Waals surface area contributed by atoms with Crippen LogP contribution in [0, 0.1) is 5.82 Å². The maximum Gasteiger partial charge on any atom is 0.240 e. The Balaban J connectivity index is -0.000000963. The van der Waals surface area contributed by atoms with E-state index in [1.165, 1.54) is 12.1 Å². The Labute approximate surface area is 138 Å². The van der Waals surface area contributed by atoms with Crippen molar-refractivity contribution in [2.45, 2.75) is 43.9 Å². The second-order valence-electron chi connectivity index (χ2n) is 4.08. The van der Waals surface area contributed by atoms with Gasteiger partial charge in [-0.3, -0.25) is 0 Å². The van der Waals surface area contributed by atoms with Crippen molar-refractivity contribution < 1.29 is 12.8 Å². The summed E-state index contributed by atoms with van der Waals surface area (Å²) in [5, 5.41) is 4.94. The molecule has 1 aromatic carbocycles. The highest BCUT2D eigenvalue weighted by molar-refractivity contribution is 7.89. The van der Waals surface area contributed by atoms with E-state index in [0.717, 1.165) is 25.7 Å². The third-order valence-electron chi connectivity index (χ3n) is 2.65. The molecule has 1 rings (SSSR count). The van der Waals surface area contributed by atoms with Crippen LogP contribution in [0.1, 0.15) is 38.2 Å². The number of unbranched alkanes of at least 4 members (excludes halogenated alkanes) is 3. The average Bonchev–Trinajstić information content (AvgIpc) is 2.25. The number of benzene rings is 1. The summed E-state index contributed by atoms with van der Waals surface area (Å²) in [7, 11) is -3.97. The number of primary sulfonamides is 1. The molecular weight excluding hydrogens is 348 g/mol. The molecule has 0 saturated carbocycles. The van der Waals surface area contributed by atoms with E-state index in [1.54, 1.807) is 6.07 Å². The molecule has 20 heavy (non-hydrogen) atoms. The number of hydrogen-bond acceptors (Lipinski definition) is 2. The first-order chi connectivity index (χ1) is 7.96. The van der Waals surface area contributed by atoms with Crippen molar-refractivity contribution in [3.63, 3.8) is 0 Å². The van der Waals surface area contributed by atoms with Crippen LogP contribution >= 0.6 is 37.2 Å². The minimum atomic E-state index is -3.97. The molecule has 120 valence electrons. The molecule has 0 heterocycles. The van der Waals surface area contributed by atoms with Gasteiger partial charge in [0, 0.05) is 0 Å². The highest BCUT2D eigenvalue weighted by Crippen LogP contribution is 2.18. The van der Waals surface area contributed by atoms with Gasteiger partial charge in [-0.05, 0) is 24.5 Å². The van der Waals surface area contributed by atoms with E-state index in [-0.39, 0.29) is 37.2 Å². The average molecular weight is 369 g/mol. The predicted molar refractivity (Wildman–Crippen MR) is 87.4 cm³/mol. The number of hydrogen-bond donors (Lipinski definition) is 1. The van der Waals surface area contributed by atoms with Gasteiger partial charge in [0.05, 0.1) is 0 Å². The van der Waals surface area contributed by atoms with Gasteiger partial charge >= 0.3 is 0 Å². The Bertz CT molecular complexity index is 484. The van der Waals surface area contributed by atoms with Crippen molar-refractivity contribution in [1.29, 1.82) is 0 Å². The van der Waals surface area contributed by atoms with Crippen molar-refractivity contribution in [3.05, 3.63) is 29.6 Å². The van der Waals surface area contributed by atoms with Gasteiger partial charge < -0.3 is 0 Å². The van der Waals surface area contributed by atoms with E-state index >= 15 is 0 Å². The summed E-state index contributed by atoms with van der Waals surface area (Å²) in [4.78, 5) is -0.412. The van der Waals surface area contributed by atoms with Crippen LogP contribution in [0.4, 0.5) is 4.39 Å². The number of nitrogens with two attached hydrogens (primary N) is 1. The monoisotopic (exact) mass is 367 g/mol. The molecule has 0 aliphatic heterocycles. The van der Waals surface area contributed by atoms with Gasteiger partial charge in [0.15, 0.2) is 0 Å². The molecule has 0 amide bonds. The fourth-order valence-electron chi connectivity index (χ4n) is 1.71. The summed E-state index contributed by atoms with van der Waals surface area (Å²) in [5.41, 5.74) is 0.424. The minimum absolute atomic E-state index is 0. The van der Waals surface area contributed by atoms with Crippen LogP contribution in [0.15, 0.2) is 23.1 Å². The molecule has 0 radical (unpaired) electrons. The Kier molecular flexibility index (Phi) is 14.4. The van der Waals surface area contributed by atoms with Crippen molar-refractivity contribution in [2.75, 3.05) is 0 Å². The van der Waals surface area contributed by atoms with Crippen LogP contribution < -0.4 is 5.14 Å². The van der Waals surface area contributed by atoms with Gasteiger partial charge in [-0.25, -0.2) is 17.9 Å². The van der Waals surface area contributed by atoms with Crippen molar-refractivity contribution in [3.8, 4) is 0 Å². The molecule has 2 N–H and O–H groups in total. The first-order valence-electron chi connectivity index (χ1n) is 5.77. The van der Waals surface area contributed by atoms with E-state index in [2.05, 4.69) is 6.92 Å². The Hall–Kier alpha value is -0.0700. The van der Waals surface area contributed by atoms with E-state index in [4.69, 9.17) is 5.14 Å². The maximum atomic E-state index is 13.8. The van der Waals surface area contributed by atoms with Gasteiger partial charge in [0.2, 0.25) is 10.0 Å². The standard InChI is InChI=1S/C12H18FNO2S.3ClH/c1-2-3-4-5-7-10-8-6-9-11(12(10)13)17(14,15)16;;;/h6,8-9H,2-5,7H2,1H3,(H2,14,15,16);3*1H. The number of sulfonamides is 1.